The molecular formula is C28H39BrClN3O3. The monoisotopic (exact) mass is 579 g/mol. The summed E-state index contributed by atoms with van der Waals surface area (Å²) in [5, 5.41) is 0. The molecule has 36 heavy (non-hydrogen) atoms. The molecule has 0 bridgehead atoms. The number of hydrogen-bond acceptors (Lipinski definition) is 3. The van der Waals surface area contributed by atoms with Gasteiger partial charge in [0, 0.05) is 48.5 Å². The minimum absolute atomic E-state index is 0.0203. The topological polar surface area (TPSA) is 54.8 Å². The molecule has 3 rings (SSSR count). The summed E-state index contributed by atoms with van der Waals surface area (Å²) in [6.45, 7) is 5.67. The summed E-state index contributed by atoms with van der Waals surface area (Å²) in [6, 6.07) is 12.6. The summed E-state index contributed by atoms with van der Waals surface area (Å²) in [5.74, 6) is 0.0533. The Morgan fingerprint density at radius 3 is 2.47 bits per heavy atom. The van der Waals surface area contributed by atoms with Crippen molar-refractivity contribution in [1.29, 1.82) is 0 Å². The molecule has 198 valence electrons. The number of aromatic nitrogens is 1. The van der Waals surface area contributed by atoms with Crippen LogP contribution in [0.5, 0.6) is 0 Å². The van der Waals surface area contributed by atoms with Gasteiger partial charge in [-0.15, -0.1) is 11.6 Å². The first kappa shape index (κ1) is 28.7. The number of amides is 2. The Labute approximate surface area is 229 Å². The largest absolute Gasteiger partial charge is 0.383 e. The van der Waals surface area contributed by atoms with Crippen LogP contribution in [0.3, 0.4) is 0 Å². The molecule has 0 aliphatic heterocycles. The van der Waals surface area contributed by atoms with E-state index in [0.29, 0.717) is 19.7 Å². The number of halogens is 2. The van der Waals surface area contributed by atoms with E-state index in [9.17, 15) is 9.59 Å². The second-order valence-electron chi connectivity index (χ2n) is 10.3. The van der Waals surface area contributed by atoms with Gasteiger partial charge in [-0.2, -0.15) is 0 Å². The van der Waals surface area contributed by atoms with Gasteiger partial charge in [-0.05, 0) is 56.5 Å². The van der Waals surface area contributed by atoms with E-state index >= 15 is 0 Å². The minimum Gasteiger partial charge on any atom is -0.383 e. The summed E-state index contributed by atoms with van der Waals surface area (Å²) in [4.78, 5) is 30.7. The maximum atomic E-state index is 13.8. The first-order valence-corrected chi connectivity index (χ1v) is 14.1. The summed E-state index contributed by atoms with van der Waals surface area (Å²) in [6.07, 6.45) is 7.52. The van der Waals surface area contributed by atoms with E-state index in [1.165, 1.54) is 12.0 Å². The zero-order valence-corrected chi connectivity index (χ0v) is 24.1. The van der Waals surface area contributed by atoms with Crippen LogP contribution in [0.4, 0.5) is 0 Å². The van der Waals surface area contributed by atoms with Crippen LogP contribution in [-0.2, 0) is 27.4 Å². The maximum absolute atomic E-state index is 13.8. The number of ether oxygens (including phenoxy) is 1. The highest BCUT2D eigenvalue weighted by molar-refractivity contribution is 9.10. The summed E-state index contributed by atoms with van der Waals surface area (Å²) in [5.41, 5.74) is 1.54. The molecular weight excluding hydrogens is 542 g/mol. The molecule has 1 heterocycles. The molecule has 0 spiro atoms. The Kier molecular flexibility index (Phi) is 10.9. The fourth-order valence-electron chi connectivity index (χ4n) is 4.72. The lowest BCUT2D eigenvalue weighted by Gasteiger charge is -2.37. The van der Waals surface area contributed by atoms with Gasteiger partial charge in [0.2, 0.25) is 11.8 Å². The third-order valence-corrected chi connectivity index (χ3v) is 8.15. The number of alkyl halides is 1. The van der Waals surface area contributed by atoms with Crippen LogP contribution in [-0.4, -0.2) is 64.9 Å². The van der Waals surface area contributed by atoms with Gasteiger partial charge >= 0.3 is 0 Å². The molecule has 8 heteroatoms. The summed E-state index contributed by atoms with van der Waals surface area (Å²) in [7, 11) is 1.60. The highest BCUT2D eigenvalue weighted by atomic mass is 79.9. The molecule has 0 radical (unpaired) electrons. The van der Waals surface area contributed by atoms with Crippen molar-refractivity contribution >= 4 is 39.3 Å². The highest BCUT2D eigenvalue weighted by Gasteiger charge is 2.34. The van der Waals surface area contributed by atoms with Crippen molar-refractivity contribution in [2.24, 2.45) is 5.41 Å². The molecule has 1 aliphatic rings. The first-order valence-electron chi connectivity index (χ1n) is 12.8. The fourth-order valence-corrected chi connectivity index (χ4v) is 5.09. The number of methoxy groups -OCH3 is 1. The molecule has 1 aliphatic carbocycles. The third kappa shape index (κ3) is 7.83. The van der Waals surface area contributed by atoms with Crippen LogP contribution < -0.4 is 0 Å². The van der Waals surface area contributed by atoms with E-state index < -0.39 is 5.41 Å². The molecule has 6 nitrogen and oxygen atoms in total. The molecule has 1 saturated carbocycles. The van der Waals surface area contributed by atoms with Crippen LogP contribution in [0.1, 0.15) is 57.2 Å². The van der Waals surface area contributed by atoms with Crippen molar-refractivity contribution in [3.05, 3.63) is 58.3 Å². The van der Waals surface area contributed by atoms with E-state index in [1.54, 1.807) is 12.0 Å². The maximum Gasteiger partial charge on any atom is 0.242 e. The predicted molar refractivity (Wildman–Crippen MR) is 148 cm³/mol. The van der Waals surface area contributed by atoms with E-state index in [2.05, 4.69) is 44.9 Å². The van der Waals surface area contributed by atoms with Crippen molar-refractivity contribution in [1.82, 2.24) is 14.4 Å². The standard InChI is InChI=1S/C28H39BrClN3O3/c1-28(2,21-30)27(35)32(16-17-36-3)20-26(34)33(24-8-5-4-6-9-24)19-25-10-7-15-31(25)18-22-11-13-23(29)14-12-22/h7,10-15,24H,4-6,8-9,16-21H2,1-3H3. The van der Waals surface area contributed by atoms with Crippen molar-refractivity contribution in [3.8, 4) is 0 Å². The van der Waals surface area contributed by atoms with Crippen LogP contribution in [0, 0.1) is 5.41 Å². The highest BCUT2D eigenvalue weighted by Crippen LogP contribution is 2.26. The number of nitrogens with zero attached hydrogens (tertiary/aromatic N) is 3. The second kappa shape index (κ2) is 13.6. The smallest absolute Gasteiger partial charge is 0.242 e. The molecule has 1 aromatic heterocycles. The predicted octanol–water partition coefficient (Wildman–Crippen LogP) is 5.70. The number of benzene rings is 1. The fraction of sp³-hybridized carbons (Fsp3) is 0.571. The first-order chi connectivity index (χ1) is 17.2. The summed E-state index contributed by atoms with van der Waals surface area (Å²) < 4.78 is 8.49. The molecule has 0 saturated heterocycles. The Morgan fingerprint density at radius 1 is 1.14 bits per heavy atom. The van der Waals surface area contributed by atoms with Gasteiger partial charge in [-0.25, -0.2) is 0 Å². The number of rotatable bonds is 12. The lowest BCUT2D eigenvalue weighted by atomic mass is 9.93. The van der Waals surface area contributed by atoms with Crippen LogP contribution in [0.25, 0.3) is 0 Å². The molecule has 1 aromatic carbocycles. The summed E-state index contributed by atoms with van der Waals surface area (Å²) >= 11 is 9.59. The van der Waals surface area contributed by atoms with Crippen molar-refractivity contribution in [3.63, 3.8) is 0 Å². The van der Waals surface area contributed by atoms with Crippen LogP contribution in [0.15, 0.2) is 47.1 Å². The second-order valence-corrected chi connectivity index (χ2v) is 11.5. The zero-order valence-electron chi connectivity index (χ0n) is 21.7. The van der Waals surface area contributed by atoms with Gasteiger partial charge in [0.15, 0.2) is 0 Å². The zero-order chi connectivity index (χ0) is 26.1. The van der Waals surface area contributed by atoms with Crippen molar-refractivity contribution in [2.45, 2.75) is 65.1 Å². The van der Waals surface area contributed by atoms with Gasteiger partial charge in [0.05, 0.1) is 25.1 Å². The molecule has 2 amide bonds. The van der Waals surface area contributed by atoms with Gasteiger partial charge in [-0.3, -0.25) is 9.59 Å². The van der Waals surface area contributed by atoms with Gasteiger partial charge in [0.25, 0.3) is 0 Å². The third-order valence-electron chi connectivity index (χ3n) is 6.95. The number of carbonyl (C=O) groups is 2. The Bertz CT molecular complexity index is 986. The average molecular weight is 581 g/mol. The Hall–Kier alpha value is -1.83. The van der Waals surface area contributed by atoms with Crippen molar-refractivity contribution < 1.29 is 14.3 Å². The van der Waals surface area contributed by atoms with Crippen molar-refractivity contribution in [2.75, 3.05) is 32.7 Å². The van der Waals surface area contributed by atoms with E-state index in [0.717, 1.165) is 42.4 Å². The minimum atomic E-state index is -0.745. The molecule has 0 unspecified atom stereocenters. The van der Waals surface area contributed by atoms with Gasteiger partial charge in [-0.1, -0.05) is 47.3 Å². The average Bonchev–Trinajstić information content (AvgIpc) is 3.32. The van der Waals surface area contributed by atoms with Crippen LogP contribution in [0.2, 0.25) is 0 Å². The van der Waals surface area contributed by atoms with Crippen LogP contribution >= 0.6 is 27.5 Å². The SMILES string of the molecule is COCCN(CC(=O)N(Cc1cccn1Cc1ccc(Br)cc1)C1CCCCC1)C(=O)C(C)(C)CCl. The molecule has 0 atom stereocenters. The Balaban J connectivity index is 1.81. The molecule has 1 fully saturated rings. The molecule has 2 aromatic rings. The number of carbonyl (C=O) groups excluding carboxylic acids is 2. The van der Waals surface area contributed by atoms with Gasteiger partial charge < -0.3 is 19.1 Å². The lowest BCUT2D eigenvalue weighted by Crippen LogP contribution is -2.51. The Morgan fingerprint density at radius 2 is 1.83 bits per heavy atom. The normalized spacial score (nSPS) is 14.6. The van der Waals surface area contributed by atoms with E-state index in [1.807, 2.05) is 36.9 Å². The van der Waals surface area contributed by atoms with E-state index in [4.69, 9.17) is 16.3 Å². The van der Waals surface area contributed by atoms with E-state index in [-0.39, 0.29) is 30.3 Å². The number of hydrogen-bond donors (Lipinski definition) is 0. The lowest BCUT2D eigenvalue weighted by molar-refractivity contribution is -0.147. The van der Waals surface area contributed by atoms with Gasteiger partial charge in [0.1, 0.15) is 0 Å². The molecule has 0 N–H and O–H groups in total. The quantitative estimate of drug-likeness (QED) is 0.303.